The molecule has 3 atom stereocenters. The largest absolute Gasteiger partial charge is 0.493 e. The van der Waals surface area contributed by atoms with E-state index in [1.54, 1.807) is 20.3 Å². The molecule has 0 spiro atoms. The first kappa shape index (κ1) is 19.2. The number of carbonyl (C=O) groups is 2. The summed E-state index contributed by atoms with van der Waals surface area (Å²) in [7, 11) is 3.19. The first-order chi connectivity index (χ1) is 12.0. The van der Waals surface area contributed by atoms with Gasteiger partial charge < -0.3 is 19.3 Å². The lowest BCUT2D eigenvalue weighted by Crippen LogP contribution is -2.32. The fourth-order valence-corrected chi connectivity index (χ4v) is 3.08. The van der Waals surface area contributed by atoms with Crippen LogP contribution in [0.2, 0.25) is 0 Å². The van der Waals surface area contributed by atoms with Crippen LogP contribution in [0, 0.1) is 5.92 Å². The van der Waals surface area contributed by atoms with E-state index < -0.39 is 12.0 Å². The van der Waals surface area contributed by atoms with Crippen LogP contribution in [0.3, 0.4) is 0 Å². The molecule has 0 saturated carbocycles. The number of hydrogen-bond donors (Lipinski definition) is 2. The number of rotatable bonds is 9. The number of nitrogens with one attached hydrogen (secondary N) is 1. The van der Waals surface area contributed by atoms with Crippen molar-refractivity contribution < 1.29 is 28.9 Å². The second-order valence-corrected chi connectivity index (χ2v) is 6.09. The van der Waals surface area contributed by atoms with Crippen LogP contribution in [0.1, 0.15) is 31.4 Å². The van der Waals surface area contributed by atoms with Gasteiger partial charge >= 0.3 is 5.97 Å². The summed E-state index contributed by atoms with van der Waals surface area (Å²) >= 11 is 0. The molecule has 25 heavy (non-hydrogen) atoms. The highest BCUT2D eigenvalue weighted by molar-refractivity contribution is 5.82. The van der Waals surface area contributed by atoms with Gasteiger partial charge in [0.05, 0.1) is 13.7 Å². The smallest absolute Gasteiger partial charge is 0.320 e. The molecule has 2 rings (SSSR count). The number of Topliss-reactive ketones (excluding diaryl/α,β-unsaturated/α-hetero) is 1. The summed E-state index contributed by atoms with van der Waals surface area (Å²) in [6, 6.07) is 4.33. The lowest BCUT2D eigenvalue weighted by molar-refractivity contribution is -0.139. The molecule has 7 heteroatoms. The molecule has 1 saturated heterocycles. The highest BCUT2D eigenvalue weighted by Crippen LogP contribution is 2.37. The van der Waals surface area contributed by atoms with Crippen LogP contribution in [0.4, 0.5) is 0 Å². The molecule has 3 unspecified atom stereocenters. The maximum atomic E-state index is 11.9. The third-order valence-electron chi connectivity index (χ3n) is 4.39. The van der Waals surface area contributed by atoms with Crippen molar-refractivity contribution >= 4 is 11.8 Å². The molecule has 0 aromatic heterocycles. The molecule has 0 bridgehead atoms. The molecule has 1 aliphatic heterocycles. The molecule has 138 valence electrons. The van der Waals surface area contributed by atoms with Crippen molar-refractivity contribution in [3.63, 3.8) is 0 Å². The standard InChI is InChI=1S/C18H25NO6/c1-11(20)13-10-14(18(21)22)19-17(13)12-5-6-15(24-3)16(9-12)25-8-4-7-23-2/h5-6,9,13-14,17,19H,4,7-8,10H2,1-3H3,(H,21,22). The van der Waals surface area contributed by atoms with Crippen molar-refractivity contribution in [1.29, 1.82) is 0 Å². The molecule has 7 nitrogen and oxygen atoms in total. The molecule has 0 amide bonds. The van der Waals surface area contributed by atoms with Gasteiger partial charge in [0.1, 0.15) is 11.8 Å². The van der Waals surface area contributed by atoms with Gasteiger partial charge in [0, 0.05) is 32.1 Å². The monoisotopic (exact) mass is 351 g/mol. The van der Waals surface area contributed by atoms with E-state index in [1.807, 2.05) is 12.1 Å². The molecule has 0 aliphatic carbocycles. The number of hydrogen-bond acceptors (Lipinski definition) is 6. The van der Waals surface area contributed by atoms with E-state index in [0.29, 0.717) is 24.7 Å². The Balaban J connectivity index is 2.22. The molecule has 1 aromatic carbocycles. The Bertz CT molecular complexity index is 618. The summed E-state index contributed by atoms with van der Waals surface area (Å²) in [5, 5.41) is 12.3. The number of aliphatic carboxylic acids is 1. The Hall–Kier alpha value is -2.12. The van der Waals surface area contributed by atoms with Crippen LogP contribution >= 0.6 is 0 Å². The van der Waals surface area contributed by atoms with Crippen molar-refractivity contribution in [3.05, 3.63) is 23.8 Å². The van der Waals surface area contributed by atoms with Crippen molar-refractivity contribution in [2.45, 2.75) is 31.8 Å². The third kappa shape index (κ3) is 4.70. The predicted octanol–water partition coefficient (Wildman–Crippen LogP) is 1.80. The van der Waals surface area contributed by atoms with Crippen LogP contribution in [0.15, 0.2) is 18.2 Å². The zero-order valence-corrected chi connectivity index (χ0v) is 14.8. The number of carboxylic acid groups (broad SMARTS) is 1. The third-order valence-corrected chi connectivity index (χ3v) is 4.39. The maximum Gasteiger partial charge on any atom is 0.320 e. The molecule has 1 heterocycles. The second-order valence-electron chi connectivity index (χ2n) is 6.09. The Morgan fingerprint density at radius 1 is 1.24 bits per heavy atom. The minimum absolute atomic E-state index is 0.0281. The van der Waals surface area contributed by atoms with Crippen molar-refractivity contribution in [2.24, 2.45) is 5.92 Å². The van der Waals surface area contributed by atoms with Gasteiger partial charge in [0.15, 0.2) is 11.5 Å². The zero-order valence-electron chi connectivity index (χ0n) is 14.8. The van der Waals surface area contributed by atoms with Crippen LogP contribution in [-0.4, -0.2) is 50.3 Å². The summed E-state index contributed by atoms with van der Waals surface area (Å²) in [4.78, 5) is 23.2. The Labute approximate surface area is 147 Å². The van der Waals surface area contributed by atoms with Gasteiger partial charge in [-0.25, -0.2) is 0 Å². The number of ether oxygens (including phenoxy) is 3. The lowest BCUT2D eigenvalue weighted by Gasteiger charge is -2.20. The SMILES string of the molecule is COCCCOc1cc(C2NC(C(=O)O)CC2C(C)=O)ccc1OC. The fraction of sp³-hybridized carbons (Fsp3) is 0.556. The summed E-state index contributed by atoms with van der Waals surface area (Å²) in [6.45, 7) is 2.56. The van der Waals surface area contributed by atoms with E-state index in [2.05, 4.69) is 5.32 Å². The highest BCUT2D eigenvalue weighted by atomic mass is 16.5. The molecule has 2 N–H and O–H groups in total. The van der Waals surface area contributed by atoms with Gasteiger partial charge in [-0.05, 0) is 31.0 Å². The molecule has 1 fully saturated rings. The van der Waals surface area contributed by atoms with Crippen molar-refractivity contribution in [1.82, 2.24) is 5.32 Å². The quantitative estimate of drug-likeness (QED) is 0.655. The maximum absolute atomic E-state index is 11.9. The molecular weight excluding hydrogens is 326 g/mol. The van der Waals surface area contributed by atoms with Gasteiger partial charge in [-0.3, -0.25) is 14.9 Å². The molecule has 1 aliphatic rings. The van der Waals surface area contributed by atoms with E-state index in [1.165, 1.54) is 6.92 Å². The van der Waals surface area contributed by atoms with E-state index in [9.17, 15) is 14.7 Å². The number of ketones is 1. The molecule has 0 radical (unpaired) electrons. The van der Waals surface area contributed by atoms with Crippen molar-refractivity contribution in [3.8, 4) is 11.5 Å². The summed E-state index contributed by atoms with van der Waals surface area (Å²) < 4.78 is 16.1. The van der Waals surface area contributed by atoms with Crippen LogP contribution in [-0.2, 0) is 14.3 Å². The normalized spacial score (nSPS) is 22.6. The summed E-state index contributed by atoms with van der Waals surface area (Å²) in [5.74, 6) is -0.193. The van der Waals surface area contributed by atoms with Gasteiger partial charge in [-0.15, -0.1) is 0 Å². The second kappa shape index (κ2) is 8.82. The van der Waals surface area contributed by atoms with Crippen LogP contribution < -0.4 is 14.8 Å². The van der Waals surface area contributed by atoms with Crippen molar-refractivity contribution in [2.75, 3.05) is 27.4 Å². The first-order valence-corrected chi connectivity index (χ1v) is 8.27. The fourth-order valence-electron chi connectivity index (χ4n) is 3.08. The molecular formula is C18H25NO6. The lowest BCUT2D eigenvalue weighted by atomic mass is 9.90. The van der Waals surface area contributed by atoms with E-state index in [0.717, 1.165) is 12.0 Å². The first-order valence-electron chi connectivity index (χ1n) is 8.27. The van der Waals surface area contributed by atoms with Gasteiger partial charge in [0.25, 0.3) is 0 Å². The van der Waals surface area contributed by atoms with Crippen LogP contribution in [0.25, 0.3) is 0 Å². The van der Waals surface area contributed by atoms with Crippen LogP contribution in [0.5, 0.6) is 11.5 Å². The number of methoxy groups -OCH3 is 2. The van der Waals surface area contributed by atoms with Gasteiger partial charge in [-0.1, -0.05) is 6.07 Å². The number of benzene rings is 1. The molecule has 1 aromatic rings. The summed E-state index contributed by atoms with van der Waals surface area (Å²) in [5.41, 5.74) is 0.812. The Kier molecular flexibility index (Phi) is 6.78. The van der Waals surface area contributed by atoms with Gasteiger partial charge in [0.2, 0.25) is 0 Å². The zero-order chi connectivity index (χ0) is 18.4. The predicted molar refractivity (Wildman–Crippen MR) is 91.1 cm³/mol. The minimum Gasteiger partial charge on any atom is -0.493 e. The van der Waals surface area contributed by atoms with E-state index >= 15 is 0 Å². The Morgan fingerprint density at radius 2 is 2.00 bits per heavy atom. The Morgan fingerprint density at radius 3 is 2.60 bits per heavy atom. The van der Waals surface area contributed by atoms with E-state index in [4.69, 9.17) is 14.2 Å². The average molecular weight is 351 g/mol. The van der Waals surface area contributed by atoms with E-state index in [-0.39, 0.29) is 24.2 Å². The average Bonchev–Trinajstić information content (AvgIpc) is 3.04. The number of carbonyl (C=O) groups excluding carboxylic acids is 1. The summed E-state index contributed by atoms with van der Waals surface area (Å²) in [6.07, 6.45) is 1.02. The number of carboxylic acids is 1. The highest BCUT2D eigenvalue weighted by Gasteiger charge is 2.40. The minimum atomic E-state index is -0.946. The van der Waals surface area contributed by atoms with Gasteiger partial charge in [-0.2, -0.15) is 0 Å². The topological polar surface area (TPSA) is 94.1 Å².